The van der Waals surface area contributed by atoms with Gasteiger partial charge in [-0.3, -0.25) is 18.7 Å². The maximum atomic E-state index is 10.3. The summed E-state index contributed by atoms with van der Waals surface area (Å²) in [4.78, 5) is 20.6. The van der Waals surface area contributed by atoms with Gasteiger partial charge in [0.15, 0.2) is 0 Å². The van der Waals surface area contributed by atoms with Crippen molar-refractivity contribution in [3.8, 4) is 0 Å². The van der Waals surface area contributed by atoms with E-state index in [1.165, 1.54) is 126 Å². The van der Waals surface area contributed by atoms with E-state index in [-0.39, 0.29) is 71.2 Å². The smallest absolute Gasteiger partial charge is 0.870 e. The second kappa shape index (κ2) is 124. The van der Waals surface area contributed by atoms with Gasteiger partial charge >= 0.3 is 51.9 Å². The molecule has 0 saturated carbocycles. The predicted octanol–water partition coefficient (Wildman–Crippen LogP) is 17.8. The number of halogens is 8. The zero-order valence-electron chi connectivity index (χ0n) is 59.2. The van der Waals surface area contributed by atoms with Crippen LogP contribution in [0.1, 0.15) is 246 Å². The second-order valence-electron chi connectivity index (χ2n) is 20.8. The largest absolute Gasteiger partial charge is 1.00 e. The van der Waals surface area contributed by atoms with Crippen LogP contribution in [0.15, 0.2) is 0 Å². The number of aliphatic carboxylic acids is 2. The predicted molar refractivity (Wildman–Crippen MR) is 438 cm³/mol. The number of unbranched alkanes of at least 4 members (excludes halogenated alkanes) is 24. The van der Waals surface area contributed by atoms with Crippen molar-refractivity contribution in [2.45, 2.75) is 246 Å². The summed E-state index contributed by atoms with van der Waals surface area (Å²) in [6.07, 6.45) is 41.3. The number of aliphatic hydroxyl groups is 3. The normalized spacial score (nSPS) is 10.7. The van der Waals surface area contributed by atoms with Crippen molar-refractivity contribution in [3.05, 3.63) is 0 Å². The molecule has 0 aliphatic heterocycles. The Hall–Kier alpha value is 3.83. The Balaban J connectivity index is -0.0000000867. The Morgan fingerprint density at radius 2 is 0.588 bits per heavy atom. The molecule has 0 rings (SSSR count). The third-order valence-electron chi connectivity index (χ3n) is 11.3. The fraction of sp³-hybridized carbons (Fsp3) is 0.953. The Kier molecular flexibility index (Phi) is 162. The van der Waals surface area contributed by atoms with Gasteiger partial charge in [-0.05, 0) is 224 Å². The number of carbonyl (C=O) groups is 2. The average molecular weight is 1900 g/mol. The molecule has 0 saturated heterocycles. The molecule has 97 heavy (non-hydrogen) atoms. The molecule has 33 heteroatoms. The summed E-state index contributed by atoms with van der Waals surface area (Å²) >= 11 is 35.7. The summed E-state index contributed by atoms with van der Waals surface area (Å²) in [5, 5.41) is 44.4. The number of rotatable bonds is 60. The first-order chi connectivity index (χ1) is 44.9. The quantitative estimate of drug-likeness (QED) is 0.00700. The van der Waals surface area contributed by atoms with Crippen molar-refractivity contribution in [2.24, 2.45) is 0 Å². The first kappa shape index (κ1) is 127. The van der Waals surface area contributed by atoms with Gasteiger partial charge in [0.05, 0.1) is 21.3 Å². The van der Waals surface area contributed by atoms with Gasteiger partial charge in [-0.15, -0.1) is 34.8 Å². The van der Waals surface area contributed by atoms with Gasteiger partial charge in [-0.1, -0.05) is 117 Å². The standard InChI is InChI=1S/C14H26O5S2.C12H26O.C10H20Br2O.C10H20Cl2O.C10H22O3.C5H11ClO.C2H6O2S.CH4.Br3P.Na.H2O4S.H2O/c15-13(16)11-20-9-5-1-3-7-19-8-4-2-6-10-21-12-14(17)18;1-3-5-7-9-11-13-12-10-8-6-4-2;3*11-7-3-1-5-9-13-10-6-2-4-8-12;6-4-2-1-3-5-7;1-5(2,3)4;;1-4(2)3;;1-5(2,3)4;/h1-12H2,(H,15,16)(H,17,18);3-12H2,1-2H3;2*1-10H2;11-12H,1-10H2;7H,1-5H2;1H2,2H3,(H,3,4);1H4;;;(H2,1,2,3,4);1H2/q;;;;;;;;;+1;;/p-1. The number of hydrogen-bond donors (Lipinski definition) is 8. The Bertz CT molecular complexity index is 1360. The maximum Gasteiger partial charge on any atom is 1.00 e. The monoisotopic (exact) mass is 1890 g/mol. The third kappa shape index (κ3) is 220. The molecule has 594 valence electrons. The fourth-order valence-electron chi connectivity index (χ4n) is 6.53. The maximum absolute atomic E-state index is 10.3. The van der Waals surface area contributed by atoms with Gasteiger partial charge in [-0.2, -0.15) is 31.9 Å². The van der Waals surface area contributed by atoms with Crippen LogP contribution in [0.4, 0.5) is 0 Å². The van der Waals surface area contributed by atoms with Gasteiger partial charge in [0.1, 0.15) is 4.03 Å². The number of carboxylic acids is 2. The van der Waals surface area contributed by atoms with E-state index in [0.29, 0.717) is 6.61 Å². The summed E-state index contributed by atoms with van der Waals surface area (Å²) in [6, 6.07) is 0. The van der Waals surface area contributed by atoms with Crippen LogP contribution in [0.25, 0.3) is 0 Å². The van der Waals surface area contributed by atoms with Crippen LogP contribution in [0.2, 0.25) is 0 Å². The number of thioether (sulfide) groups is 2. The second-order valence-corrected chi connectivity index (χ2v) is 43.9. The molecule has 0 bridgehead atoms. The van der Waals surface area contributed by atoms with E-state index in [1.54, 1.807) is 0 Å². The van der Waals surface area contributed by atoms with Gasteiger partial charge < -0.3 is 59.2 Å². The number of alkyl halides is 5. The molecule has 0 spiro atoms. The van der Waals surface area contributed by atoms with Crippen molar-refractivity contribution in [1.82, 2.24) is 0 Å². The minimum Gasteiger partial charge on any atom is -0.870 e. The van der Waals surface area contributed by atoms with Gasteiger partial charge in [0, 0.05) is 120 Å². The van der Waals surface area contributed by atoms with Crippen molar-refractivity contribution in [1.29, 1.82) is 0 Å². The van der Waals surface area contributed by atoms with Crippen LogP contribution in [0, 0.1) is 0 Å². The van der Waals surface area contributed by atoms with E-state index in [2.05, 4.69) is 98.0 Å². The molecular formula is C64H138Br5Cl3NaO19PS4. The van der Waals surface area contributed by atoms with Crippen LogP contribution in [0.3, 0.4) is 0 Å². The topological polar surface area (TPSA) is 323 Å². The summed E-state index contributed by atoms with van der Waals surface area (Å²) in [5.74, 6) is 5.83. The van der Waals surface area contributed by atoms with Crippen molar-refractivity contribution in [3.63, 3.8) is 0 Å². The van der Waals surface area contributed by atoms with E-state index < -0.39 is 32.1 Å². The molecule has 0 amide bonds. The van der Waals surface area contributed by atoms with E-state index in [4.69, 9.17) is 106 Å². The van der Waals surface area contributed by atoms with Crippen molar-refractivity contribution >= 4 is 179 Å². The molecular weight excluding hydrogens is 1760 g/mol. The van der Waals surface area contributed by atoms with Gasteiger partial charge in [-0.25, -0.2) is 4.21 Å². The van der Waals surface area contributed by atoms with E-state index in [9.17, 15) is 13.8 Å². The summed E-state index contributed by atoms with van der Waals surface area (Å²) < 4.78 is 76.3. The number of ether oxygens (including phenoxy) is 5. The summed E-state index contributed by atoms with van der Waals surface area (Å²) in [5.41, 5.74) is 0. The minimum absolute atomic E-state index is 0. The first-order valence-corrected chi connectivity index (χ1v) is 50.6. The van der Waals surface area contributed by atoms with Gasteiger partial charge in [0.25, 0.3) is 0 Å². The average Bonchev–Trinajstić information content (AvgIpc) is 3.56. The molecule has 1 atom stereocenters. The molecule has 0 aromatic rings. The molecule has 9 N–H and O–H groups in total. The Morgan fingerprint density at radius 1 is 0.412 bits per heavy atom. The summed E-state index contributed by atoms with van der Waals surface area (Å²) in [6.45, 7) is 14.1. The summed E-state index contributed by atoms with van der Waals surface area (Å²) in [7, 11) is -7.33. The van der Waals surface area contributed by atoms with Crippen LogP contribution >= 0.6 is 141 Å². The molecule has 0 aliphatic rings. The number of aliphatic hydroxyl groups excluding tert-OH is 3. The van der Waals surface area contributed by atoms with E-state index >= 15 is 0 Å². The zero-order valence-corrected chi connectivity index (χ0v) is 75.6. The molecule has 19 nitrogen and oxygen atoms in total. The minimum atomic E-state index is -4.67. The third-order valence-corrected chi connectivity index (χ3v) is 15.2. The fourth-order valence-corrected chi connectivity index (χ4v) is 9.35. The Morgan fingerprint density at radius 3 is 0.763 bits per heavy atom. The van der Waals surface area contributed by atoms with Crippen molar-refractivity contribution < 1.29 is 120 Å². The van der Waals surface area contributed by atoms with Gasteiger partial charge in [0.2, 0.25) is 0 Å². The molecule has 0 radical (unpaired) electrons. The molecule has 0 aromatic heterocycles. The first-order valence-electron chi connectivity index (χ1n) is 33.6. The SMILES string of the molecule is BrCCCCCOCCCCCBr.BrP(Br)Br.C.C=S(C)(=O)O.CCCCCCOCCCCCC.ClCCCCCOCCCCCCl.O=C(O)CSCCCCCOCCCCCSCC(=O)O.O=S(=O)(O)O.OCCCCCCl.OCCCCCOCCCCCO.[Na+].[OH-]. The van der Waals surface area contributed by atoms with Crippen LogP contribution < -0.4 is 29.6 Å². The molecule has 0 aromatic carbocycles. The van der Waals surface area contributed by atoms with Crippen LogP contribution in [-0.2, 0) is 53.5 Å². The number of carboxylic acid groups (broad SMARTS) is 2. The molecule has 1 unspecified atom stereocenters. The molecule has 0 aliphatic carbocycles. The van der Waals surface area contributed by atoms with E-state index in [1.807, 2.05) is 0 Å². The zero-order chi connectivity index (χ0) is 73.0. The molecule has 0 heterocycles. The van der Waals surface area contributed by atoms with Crippen LogP contribution in [0.5, 0.6) is 0 Å². The van der Waals surface area contributed by atoms with E-state index in [0.717, 1.165) is 234 Å². The van der Waals surface area contributed by atoms with Crippen molar-refractivity contribution in [2.75, 3.05) is 143 Å². The number of hydrogen-bond acceptors (Lipinski definition) is 16. The van der Waals surface area contributed by atoms with Crippen LogP contribution in [-0.4, -0.2) is 219 Å². The Labute approximate surface area is 681 Å². The molecule has 0 fully saturated rings.